The molecule has 2 N–H and O–H groups in total. The molecule has 1 aromatic rings. The summed E-state index contributed by atoms with van der Waals surface area (Å²) < 4.78 is 42.1. The van der Waals surface area contributed by atoms with Crippen molar-refractivity contribution in [3.8, 4) is 5.75 Å². The van der Waals surface area contributed by atoms with Crippen LogP contribution in [0.25, 0.3) is 0 Å². The highest BCUT2D eigenvalue weighted by molar-refractivity contribution is 5.34. The SMILES string of the molecule is CCOc1ccccc1C[C@H](N)C(F)(F)F. The van der Waals surface area contributed by atoms with Crippen molar-refractivity contribution in [3.63, 3.8) is 0 Å². The zero-order valence-corrected chi connectivity index (χ0v) is 8.92. The molecule has 0 amide bonds. The van der Waals surface area contributed by atoms with Crippen LogP contribution < -0.4 is 10.5 Å². The molecule has 0 aliphatic carbocycles. The Balaban J connectivity index is 2.80. The number of hydrogen-bond acceptors (Lipinski definition) is 2. The highest BCUT2D eigenvalue weighted by Crippen LogP contribution is 2.25. The van der Waals surface area contributed by atoms with Crippen molar-refractivity contribution in [2.24, 2.45) is 5.73 Å². The third kappa shape index (κ3) is 3.41. The Morgan fingerprint density at radius 3 is 2.50 bits per heavy atom. The summed E-state index contributed by atoms with van der Waals surface area (Å²) in [5.41, 5.74) is 5.55. The number of alkyl halides is 3. The number of rotatable bonds is 4. The van der Waals surface area contributed by atoms with E-state index < -0.39 is 12.2 Å². The minimum Gasteiger partial charge on any atom is -0.494 e. The second kappa shape index (κ2) is 5.21. The highest BCUT2D eigenvalue weighted by atomic mass is 19.4. The number of ether oxygens (including phenoxy) is 1. The van der Waals surface area contributed by atoms with E-state index >= 15 is 0 Å². The summed E-state index contributed by atoms with van der Waals surface area (Å²) in [5.74, 6) is 0.463. The van der Waals surface area contributed by atoms with Crippen molar-refractivity contribution in [2.75, 3.05) is 6.61 Å². The summed E-state index contributed by atoms with van der Waals surface area (Å²) in [6, 6.07) is 4.77. The molecule has 1 atom stereocenters. The molecule has 0 bridgehead atoms. The van der Waals surface area contributed by atoms with Crippen LogP contribution in [0.1, 0.15) is 12.5 Å². The fourth-order valence-corrected chi connectivity index (χ4v) is 1.32. The Bertz CT molecular complexity index is 338. The molecule has 0 saturated heterocycles. The van der Waals surface area contributed by atoms with Gasteiger partial charge in [0.15, 0.2) is 0 Å². The highest BCUT2D eigenvalue weighted by Gasteiger charge is 2.36. The predicted octanol–water partition coefficient (Wildman–Crippen LogP) is 2.52. The Morgan fingerprint density at radius 1 is 1.31 bits per heavy atom. The lowest BCUT2D eigenvalue weighted by atomic mass is 10.1. The van der Waals surface area contributed by atoms with Crippen LogP contribution in [0.15, 0.2) is 24.3 Å². The third-order valence-electron chi connectivity index (χ3n) is 2.13. The molecular weight excluding hydrogens is 219 g/mol. The first-order valence-electron chi connectivity index (χ1n) is 4.98. The van der Waals surface area contributed by atoms with Crippen molar-refractivity contribution >= 4 is 0 Å². The van der Waals surface area contributed by atoms with Crippen LogP contribution in [0.4, 0.5) is 13.2 Å². The van der Waals surface area contributed by atoms with Gasteiger partial charge in [-0.1, -0.05) is 18.2 Å². The monoisotopic (exact) mass is 233 g/mol. The van der Waals surface area contributed by atoms with Gasteiger partial charge in [0, 0.05) is 0 Å². The van der Waals surface area contributed by atoms with E-state index in [0.29, 0.717) is 17.9 Å². The van der Waals surface area contributed by atoms with Crippen LogP contribution in [0.3, 0.4) is 0 Å². The molecule has 0 saturated carbocycles. The Hall–Kier alpha value is -1.23. The maximum absolute atomic E-state index is 12.3. The van der Waals surface area contributed by atoms with Gasteiger partial charge in [-0.15, -0.1) is 0 Å². The maximum atomic E-state index is 12.3. The quantitative estimate of drug-likeness (QED) is 0.867. The first kappa shape index (κ1) is 12.8. The number of benzene rings is 1. The van der Waals surface area contributed by atoms with Gasteiger partial charge in [0.1, 0.15) is 11.8 Å². The second-order valence-electron chi connectivity index (χ2n) is 3.39. The molecule has 0 aliphatic heterocycles. The first-order chi connectivity index (χ1) is 7.45. The number of nitrogens with two attached hydrogens (primary N) is 1. The van der Waals surface area contributed by atoms with E-state index in [0.717, 1.165) is 0 Å². The Kier molecular flexibility index (Phi) is 4.18. The molecule has 0 aromatic heterocycles. The van der Waals surface area contributed by atoms with E-state index in [4.69, 9.17) is 10.5 Å². The Morgan fingerprint density at radius 2 is 1.94 bits per heavy atom. The second-order valence-corrected chi connectivity index (χ2v) is 3.39. The van der Waals surface area contributed by atoms with Crippen molar-refractivity contribution in [1.29, 1.82) is 0 Å². The third-order valence-corrected chi connectivity index (χ3v) is 2.13. The molecule has 16 heavy (non-hydrogen) atoms. The van der Waals surface area contributed by atoms with Gasteiger partial charge in [-0.2, -0.15) is 13.2 Å². The molecule has 0 heterocycles. The van der Waals surface area contributed by atoms with Crippen molar-refractivity contribution in [2.45, 2.75) is 25.6 Å². The topological polar surface area (TPSA) is 35.2 Å². The van der Waals surface area contributed by atoms with Crippen LogP contribution in [-0.4, -0.2) is 18.8 Å². The minimum absolute atomic E-state index is 0.264. The molecule has 5 heteroatoms. The van der Waals surface area contributed by atoms with E-state index in [1.165, 1.54) is 0 Å². The van der Waals surface area contributed by atoms with Crippen LogP contribution in [0, 0.1) is 0 Å². The molecular formula is C11H14F3NO. The molecule has 0 fully saturated rings. The van der Waals surface area contributed by atoms with Gasteiger partial charge in [0.05, 0.1) is 6.61 Å². The zero-order valence-electron chi connectivity index (χ0n) is 8.92. The average molecular weight is 233 g/mol. The van der Waals surface area contributed by atoms with Crippen LogP contribution in [0.2, 0.25) is 0 Å². The van der Waals surface area contributed by atoms with Gasteiger partial charge in [-0.25, -0.2) is 0 Å². The largest absolute Gasteiger partial charge is 0.494 e. The predicted molar refractivity (Wildman–Crippen MR) is 55.3 cm³/mol. The Labute approximate surface area is 92.2 Å². The summed E-state index contributed by atoms with van der Waals surface area (Å²) >= 11 is 0. The molecule has 1 rings (SSSR count). The smallest absolute Gasteiger partial charge is 0.403 e. The van der Waals surface area contributed by atoms with Gasteiger partial charge >= 0.3 is 6.18 Å². The molecule has 2 nitrogen and oxygen atoms in total. The summed E-state index contributed by atoms with van der Waals surface area (Å²) in [4.78, 5) is 0. The number of hydrogen-bond donors (Lipinski definition) is 1. The standard InChI is InChI=1S/C11H14F3NO/c1-2-16-9-6-4-3-5-8(9)7-10(15)11(12,13)14/h3-6,10H,2,7,15H2,1H3/t10-/m0/s1. The molecule has 0 radical (unpaired) electrons. The fraction of sp³-hybridized carbons (Fsp3) is 0.455. The molecule has 1 aromatic carbocycles. The lowest BCUT2D eigenvalue weighted by Gasteiger charge is -2.17. The average Bonchev–Trinajstić information content (AvgIpc) is 2.20. The van der Waals surface area contributed by atoms with Crippen LogP contribution in [0.5, 0.6) is 5.75 Å². The minimum atomic E-state index is -4.38. The van der Waals surface area contributed by atoms with E-state index in [-0.39, 0.29) is 6.42 Å². The van der Waals surface area contributed by atoms with Crippen molar-refractivity contribution < 1.29 is 17.9 Å². The molecule has 0 aliphatic rings. The zero-order chi connectivity index (χ0) is 12.2. The summed E-state index contributed by atoms with van der Waals surface area (Å²) in [6.45, 7) is 2.19. The maximum Gasteiger partial charge on any atom is 0.403 e. The van der Waals surface area contributed by atoms with Crippen molar-refractivity contribution in [3.05, 3.63) is 29.8 Å². The van der Waals surface area contributed by atoms with Gasteiger partial charge in [0.2, 0.25) is 0 Å². The van der Waals surface area contributed by atoms with E-state index in [1.54, 1.807) is 31.2 Å². The summed E-state index contributed by atoms with van der Waals surface area (Å²) in [6.07, 6.45) is -4.64. The van der Waals surface area contributed by atoms with E-state index in [1.807, 2.05) is 0 Å². The van der Waals surface area contributed by atoms with Crippen LogP contribution in [-0.2, 0) is 6.42 Å². The van der Waals surface area contributed by atoms with Gasteiger partial charge in [-0.05, 0) is 25.0 Å². The first-order valence-corrected chi connectivity index (χ1v) is 4.98. The molecule has 0 unspecified atom stereocenters. The number of para-hydroxylation sites is 1. The summed E-state index contributed by atoms with van der Waals surface area (Å²) in [5, 5.41) is 0. The van der Waals surface area contributed by atoms with Crippen LogP contribution >= 0.6 is 0 Å². The lowest BCUT2D eigenvalue weighted by molar-refractivity contribution is -0.147. The molecule has 0 spiro atoms. The van der Waals surface area contributed by atoms with Gasteiger partial charge in [-0.3, -0.25) is 0 Å². The summed E-state index contributed by atoms with van der Waals surface area (Å²) in [7, 11) is 0. The normalized spacial score (nSPS) is 13.6. The molecule has 90 valence electrons. The van der Waals surface area contributed by atoms with Crippen molar-refractivity contribution in [1.82, 2.24) is 0 Å². The van der Waals surface area contributed by atoms with Gasteiger partial charge < -0.3 is 10.5 Å². The fourth-order valence-electron chi connectivity index (χ4n) is 1.32. The lowest BCUT2D eigenvalue weighted by Crippen LogP contribution is -2.39. The number of halogens is 3. The van der Waals surface area contributed by atoms with E-state index in [2.05, 4.69) is 0 Å². The van der Waals surface area contributed by atoms with E-state index in [9.17, 15) is 13.2 Å². The van der Waals surface area contributed by atoms with Gasteiger partial charge in [0.25, 0.3) is 0 Å².